The minimum atomic E-state index is 0.423. The molecule has 5 rings (SSSR count). The van der Waals surface area contributed by atoms with E-state index in [1.807, 2.05) is 42.6 Å². The number of anilines is 1. The van der Waals surface area contributed by atoms with Crippen LogP contribution >= 0.6 is 0 Å². The van der Waals surface area contributed by atoms with Crippen LogP contribution < -0.4 is 10.6 Å². The normalized spacial score (nSPS) is 21.6. The first-order valence-corrected chi connectivity index (χ1v) is 11.1. The molecule has 3 aromatic heterocycles. The fraction of sp³-hybridized carbons (Fsp3) is 0.545. The van der Waals surface area contributed by atoms with Gasteiger partial charge in [0, 0.05) is 54.9 Å². The summed E-state index contributed by atoms with van der Waals surface area (Å²) in [7, 11) is 2.03. The molecule has 2 fully saturated rings. The molecule has 0 saturated heterocycles. The van der Waals surface area contributed by atoms with E-state index < -0.39 is 0 Å². The van der Waals surface area contributed by atoms with E-state index >= 15 is 0 Å². The van der Waals surface area contributed by atoms with Gasteiger partial charge in [-0.15, -0.1) is 0 Å². The lowest BCUT2D eigenvalue weighted by Gasteiger charge is -2.29. The number of nitrogens with one attached hydrogen (secondary N) is 3. The van der Waals surface area contributed by atoms with E-state index in [4.69, 9.17) is 4.98 Å². The quantitative estimate of drug-likeness (QED) is 0.532. The van der Waals surface area contributed by atoms with Gasteiger partial charge in [0.05, 0.1) is 18.1 Å². The zero-order valence-corrected chi connectivity index (χ0v) is 17.5. The fourth-order valence-electron chi connectivity index (χ4n) is 4.35. The summed E-state index contributed by atoms with van der Waals surface area (Å²) >= 11 is 0. The molecule has 0 bridgehead atoms. The topological polar surface area (TPSA) is 96.3 Å². The molecular formula is C22H30N8. The van der Waals surface area contributed by atoms with Crippen molar-refractivity contribution in [2.45, 2.75) is 63.6 Å². The Bertz CT molecular complexity index is 951. The molecule has 8 heteroatoms. The molecule has 30 heavy (non-hydrogen) atoms. The van der Waals surface area contributed by atoms with Crippen LogP contribution in [0.15, 0.2) is 30.9 Å². The first-order chi connectivity index (χ1) is 14.7. The summed E-state index contributed by atoms with van der Waals surface area (Å²) in [6.07, 6.45) is 15.9. The zero-order valence-electron chi connectivity index (χ0n) is 17.5. The second-order valence-electron chi connectivity index (χ2n) is 8.72. The molecular weight excluding hydrogens is 376 g/mol. The van der Waals surface area contributed by atoms with Crippen molar-refractivity contribution < 1.29 is 0 Å². The van der Waals surface area contributed by atoms with Crippen LogP contribution in [0.25, 0.3) is 11.3 Å². The SMILES string of the molecule is Cn1ncc(-c2ccnc(N[C@H]3CC[C@H](NCc4cn[nH]c4)CC3)n2)c1CC1CC1. The molecule has 0 aromatic carbocycles. The van der Waals surface area contributed by atoms with E-state index in [2.05, 4.69) is 30.9 Å². The van der Waals surface area contributed by atoms with Crippen LogP contribution in [0, 0.1) is 5.92 Å². The number of hydrogen-bond donors (Lipinski definition) is 3. The molecule has 0 aliphatic heterocycles. The van der Waals surface area contributed by atoms with E-state index in [-0.39, 0.29) is 0 Å². The average molecular weight is 407 g/mol. The van der Waals surface area contributed by atoms with E-state index in [9.17, 15) is 0 Å². The van der Waals surface area contributed by atoms with Crippen molar-refractivity contribution in [2.24, 2.45) is 13.0 Å². The summed E-state index contributed by atoms with van der Waals surface area (Å²) in [5.74, 6) is 1.54. The standard InChI is InChI=1S/C22H30N8/c1-30-21(10-15-2-3-15)19(14-27-30)20-8-9-23-22(29-20)28-18-6-4-17(5-7-18)24-11-16-12-25-26-13-16/h8-9,12-15,17-18,24H,2-7,10-11H2,1H3,(H,25,26)(H,23,28,29)/t17-,18-. The summed E-state index contributed by atoms with van der Waals surface area (Å²) in [6.45, 7) is 0.874. The van der Waals surface area contributed by atoms with E-state index in [0.717, 1.165) is 61.8 Å². The number of aryl methyl sites for hydroxylation is 1. The summed E-state index contributed by atoms with van der Waals surface area (Å²) in [4.78, 5) is 9.31. The Kier molecular flexibility index (Phi) is 5.48. The molecule has 0 amide bonds. The predicted octanol–water partition coefficient (Wildman–Crippen LogP) is 3.07. The van der Waals surface area contributed by atoms with Gasteiger partial charge in [-0.05, 0) is 56.9 Å². The van der Waals surface area contributed by atoms with Gasteiger partial charge in [0.15, 0.2) is 0 Å². The Hall–Kier alpha value is -2.74. The second kappa shape index (κ2) is 8.55. The van der Waals surface area contributed by atoms with Crippen LogP contribution in [0.2, 0.25) is 0 Å². The van der Waals surface area contributed by atoms with Gasteiger partial charge in [-0.25, -0.2) is 9.97 Å². The van der Waals surface area contributed by atoms with E-state index in [1.54, 1.807) is 0 Å². The minimum Gasteiger partial charge on any atom is -0.351 e. The molecule has 2 aliphatic carbocycles. The van der Waals surface area contributed by atoms with Crippen molar-refractivity contribution in [3.05, 3.63) is 42.1 Å². The van der Waals surface area contributed by atoms with Gasteiger partial charge in [-0.1, -0.05) is 0 Å². The molecule has 0 radical (unpaired) electrons. The van der Waals surface area contributed by atoms with Gasteiger partial charge in [0.25, 0.3) is 0 Å². The van der Waals surface area contributed by atoms with Crippen LogP contribution in [0.3, 0.4) is 0 Å². The molecule has 3 N–H and O–H groups in total. The highest BCUT2D eigenvalue weighted by atomic mass is 15.3. The lowest BCUT2D eigenvalue weighted by molar-refractivity contribution is 0.352. The van der Waals surface area contributed by atoms with Gasteiger partial charge in [-0.2, -0.15) is 10.2 Å². The molecule has 3 aromatic rings. The molecule has 3 heterocycles. The van der Waals surface area contributed by atoms with Crippen LogP contribution in [0.1, 0.15) is 49.8 Å². The molecule has 2 saturated carbocycles. The van der Waals surface area contributed by atoms with Gasteiger partial charge in [0.2, 0.25) is 5.95 Å². The molecule has 8 nitrogen and oxygen atoms in total. The van der Waals surface area contributed by atoms with Crippen molar-refractivity contribution in [3.8, 4) is 11.3 Å². The first kappa shape index (κ1) is 19.2. The Balaban J connectivity index is 1.18. The zero-order chi connectivity index (χ0) is 20.3. The number of aromatic amines is 1. The van der Waals surface area contributed by atoms with E-state index in [0.29, 0.717) is 12.1 Å². The van der Waals surface area contributed by atoms with Gasteiger partial charge in [-0.3, -0.25) is 9.78 Å². The van der Waals surface area contributed by atoms with Crippen LogP contribution in [-0.2, 0) is 20.0 Å². The average Bonchev–Trinajstić information content (AvgIpc) is 3.29. The van der Waals surface area contributed by atoms with Gasteiger partial charge < -0.3 is 10.6 Å². The van der Waals surface area contributed by atoms with Crippen LogP contribution in [0.5, 0.6) is 0 Å². The third-order valence-electron chi connectivity index (χ3n) is 6.38. The first-order valence-electron chi connectivity index (χ1n) is 11.1. The lowest BCUT2D eigenvalue weighted by Crippen LogP contribution is -2.36. The maximum atomic E-state index is 4.83. The summed E-state index contributed by atoms with van der Waals surface area (Å²) < 4.78 is 2.00. The van der Waals surface area contributed by atoms with Crippen LogP contribution in [-0.4, -0.2) is 42.0 Å². The second-order valence-corrected chi connectivity index (χ2v) is 8.72. The maximum Gasteiger partial charge on any atom is 0.223 e. The summed E-state index contributed by atoms with van der Waals surface area (Å²) in [6, 6.07) is 2.98. The number of hydrogen-bond acceptors (Lipinski definition) is 6. The van der Waals surface area contributed by atoms with Crippen molar-refractivity contribution >= 4 is 5.95 Å². The summed E-state index contributed by atoms with van der Waals surface area (Å²) in [5.41, 5.74) is 4.59. The summed E-state index contributed by atoms with van der Waals surface area (Å²) in [5, 5.41) is 18.6. The smallest absolute Gasteiger partial charge is 0.223 e. The highest BCUT2D eigenvalue weighted by molar-refractivity contribution is 5.62. The highest BCUT2D eigenvalue weighted by Crippen LogP contribution is 2.35. The van der Waals surface area contributed by atoms with Crippen LogP contribution in [0.4, 0.5) is 5.95 Å². The minimum absolute atomic E-state index is 0.423. The maximum absolute atomic E-state index is 4.83. The molecule has 0 spiro atoms. The number of H-pyrrole nitrogens is 1. The Morgan fingerprint density at radius 3 is 2.70 bits per heavy atom. The molecule has 0 unspecified atom stereocenters. The Morgan fingerprint density at radius 1 is 1.10 bits per heavy atom. The monoisotopic (exact) mass is 406 g/mol. The highest BCUT2D eigenvalue weighted by Gasteiger charge is 2.26. The molecule has 2 aliphatic rings. The lowest BCUT2D eigenvalue weighted by atomic mass is 9.91. The third kappa shape index (κ3) is 4.53. The van der Waals surface area contributed by atoms with Crippen molar-refractivity contribution in [3.63, 3.8) is 0 Å². The Labute approximate surface area is 176 Å². The van der Waals surface area contributed by atoms with Crippen molar-refractivity contribution in [2.75, 3.05) is 5.32 Å². The fourth-order valence-corrected chi connectivity index (χ4v) is 4.35. The van der Waals surface area contributed by atoms with Crippen molar-refractivity contribution in [1.29, 1.82) is 0 Å². The molecule has 158 valence electrons. The predicted molar refractivity (Wildman–Crippen MR) is 116 cm³/mol. The number of rotatable bonds is 8. The largest absolute Gasteiger partial charge is 0.351 e. The number of aromatic nitrogens is 6. The number of nitrogens with zero attached hydrogens (tertiary/aromatic N) is 5. The molecule has 0 atom stereocenters. The van der Waals surface area contributed by atoms with Crippen molar-refractivity contribution in [1.82, 2.24) is 35.3 Å². The van der Waals surface area contributed by atoms with E-state index in [1.165, 1.54) is 24.1 Å². The van der Waals surface area contributed by atoms with Gasteiger partial charge in [0.1, 0.15) is 0 Å². The van der Waals surface area contributed by atoms with Gasteiger partial charge >= 0.3 is 0 Å². The third-order valence-corrected chi connectivity index (χ3v) is 6.38. The Morgan fingerprint density at radius 2 is 1.93 bits per heavy atom.